The number of nitrogens with one attached hydrogen (secondary N) is 1. The van der Waals surface area contributed by atoms with E-state index in [0.717, 1.165) is 16.9 Å². The summed E-state index contributed by atoms with van der Waals surface area (Å²) in [7, 11) is 0. The second-order valence-electron chi connectivity index (χ2n) is 7.52. The van der Waals surface area contributed by atoms with Crippen LogP contribution >= 0.6 is 11.6 Å². The summed E-state index contributed by atoms with van der Waals surface area (Å²) in [6, 6.07) is 14.0. The van der Waals surface area contributed by atoms with Crippen LogP contribution in [0.25, 0.3) is 16.6 Å². The molecule has 0 bridgehead atoms. The van der Waals surface area contributed by atoms with Gasteiger partial charge in [-0.1, -0.05) is 29.8 Å². The Labute approximate surface area is 184 Å². The van der Waals surface area contributed by atoms with Gasteiger partial charge in [0.05, 0.1) is 22.5 Å². The first-order valence-corrected chi connectivity index (χ1v) is 10.3. The van der Waals surface area contributed by atoms with Crippen molar-refractivity contribution in [2.45, 2.75) is 33.7 Å². The van der Waals surface area contributed by atoms with Gasteiger partial charge in [0.2, 0.25) is 5.91 Å². The average molecular weight is 436 g/mol. The number of carbonyl (C=O) groups is 1. The first kappa shape index (κ1) is 20.8. The van der Waals surface area contributed by atoms with Crippen molar-refractivity contribution in [3.05, 3.63) is 80.9 Å². The smallest absolute Gasteiger partial charge is 0.295 e. The van der Waals surface area contributed by atoms with E-state index in [1.54, 1.807) is 29.8 Å². The van der Waals surface area contributed by atoms with Crippen LogP contribution in [0.2, 0.25) is 5.02 Å². The number of aryl methyl sites for hydroxylation is 3. The number of nitrogens with zero attached hydrogens (tertiary/aromatic N) is 4. The number of hydrogen-bond acceptors (Lipinski definition) is 4. The summed E-state index contributed by atoms with van der Waals surface area (Å²) in [5, 5.41) is 13.1. The number of rotatable bonds is 4. The Kier molecular flexibility index (Phi) is 5.37. The Morgan fingerprint density at radius 1 is 1.06 bits per heavy atom. The Bertz CT molecular complexity index is 1360. The van der Waals surface area contributed by atoms with Gasteiger partial charge in [0.25, 0.3) is 5.56 Å². The molecule has 2 heterocycles. The summed E-state index contributed by atoms with van der Waals surface area (Å²) in [5.41, 5.74) is 3.66. The van der Waals surface area contributed by atoms with E-state index in [1.807, 2.05) is 51.1 Å². The highest BCUT2D eigenvalue weighted by Crippen LogP contribution is 2.23. The largest absolute Gasteiger partial charge is 0.324 e. The molecule has 0 aliphatic carbocycles. The van der Waals surface area contributed by atoms with Gasteiger partial charge in [-0.05, 0) is 63.6 Å². The first-order chi connectivity index (χ1) is 14.8. The van der Waals surface area contributed by atoms with Crippen molar-refractivity contribution < 1.29 is 4.79 Å². The van der Waals surface area contributed by atoms with Gasteiger partial charge in [0.1, 0.15) is 6.04 Å². The van der Waals surface area contributed by atoms with E-state index in [-0.39, 0.29) is 11.4 Å². The molecule has 158 valence electrons. The van der Waals surface area contributed by atoms with Gasteiger partial charge >= 0.3 is 0 Å². The van der Waals surface area contributed by atoms with Crippen LogP contribution in [0.3, 0.4) is 0 Å². The van der Waals surface area contributed by atoms with Crippen molar-refractivity contribution in [1.29, 1.82) is 0 Å². The molecule has 0 aliphatic heterocycles. The summed E-state index contributed by atoms with van der Waals surface area (Å²) >= 11 is 5.99. The maximum absolute atomic E-state index is 13.2. The fraction of sp³-hybridized carbons (Fsp3) is 0.217. The molecule has 0 saturated carbocycles. The number of amides is 1. The molecule has 0 aliphatic rings. The van der Waals surface area contributed by atoms with Gasteiger partial charge in [-0.25, -0.2) is 9.36 Å². The van der Waals surface area contributed by atoms with Crippen LogP contribution < -0.4 is 10.9 Å². The number of para-hydroxylation sites is 1. The SMILES string of the molecule is Cc1cc(Cl)ccc1NC(=O)[C@@H](C)n1nc(C)c2c(C)n(-c3ccccc3)nc2c1=O. The lowest BCUT2D eigenvalue weighted by atomic mass is 10.2. The molecule has 0 fully saturated rings. The van der Waals surface area contributed by atoms with Crippen LogP contribution in [0.15, 0.2) is 53.3 Å². The van der Waals surface area contributed by atoms with Gasteiger partial charge in [-0.2, -0.15) is 10.2 Å². The average Bonchev–Trinajstić information content (AvgIpc) is 3.11. The van der Waals surface area contributed by atoms with Gasteiger partial charge in [-0.3, -0.25) is 9.59 Å². The molecule has 1 amide bonds. The summed E-state index contributed by atoms with van der Waals surface area (Å²) in [4.78, 5) is 26.1. The number of fused-ring (bicyclic) bond motifs is 1. The molecule has 2 aromatic carbocycles. The van der Waals surface area contributed by atoms with E-state index in [2.05, 4.69) is 15.5 Å². The minimum atomic E-state index is -0.826. The van der Waals surface area contributed by atoms with E-state index in [0.29, 0.717) is 21.8 Å². The summed E-state index contributed by atoms with van der Waals surface area (Å²) in [6.45, 7) is 7.21. The second-order valence-corrected chi connectivity index (χ2v) is 7.95. The van der Waals surface area contributed by atoms with Crippen LogP contribution in [0.1, 0.15) is 29.9 Å². The topological polar surface area (TPSA) is 81.8 Å². The third kappa shape index (κ3) is 3.72. The molecule has 0 spiro atoms. The molecule has 7 nitrogen and oxygen atoms in total. The highest BCUT2D eigenvalue weighted by atomic mass is 35.5. The maximum atomic E-state index is 13.2. The monoisotopic (exact) mass is 435 g/mol. The van der Waals surface area contributed by atoms with E-state index in [9.17, 15) is 9.59 Å². The van der Waals surface area contributed by atoms with Gasteiger partial charge in [0.15, 0.2) is 5.52 Å². The number of benzene rings is 2. The van der Waals surface area contributed by atoms with Crippen molar-refractivity contribution in [1.82, 2.24) is 19.6 Å². The molecule has 1 N–H and O–H groups in total. The van der Waals surface area contributed by atoms with Crippen molar-refractivity contribution >= 4 is 34.1 Å². The van der Waals surface area contributed by atoms with Crippen molar-refractivity contribution in [3.8, 4) is 5.69 Å². The molecule has 0 unspecified atom stereocenters. The first-order valence-electron chi connectivity index (χ1n) is 9.89. The predicted molar refractivity (Wildman–Crippen MR) is 122 cm³/mol. The third-order valence-electron chi connectivity index (χ3n) is 5.34. The Balaban J connectivity index is 1.75. The maximum Gasteiger partial charge on any atom is 0.295 e. The summed E-state index contributed by atoms with van der Waals surface area (Å²) < 4.78 is 2.92. The lowest BCUT2D eigenvalue weighted by molar-refractivity contribution is -0.119. The third-order valence-corrected chi connectivity index (χ3v) is 5.57. The molecule has 2 aromatic heterocycles. The molecule has 8 heteroatoms. The zero-order valence-corrected chi connectivity index (χ0v) is 18.4. The molecule has 31 heavy (non-hydrogen) atoms. The minimum Gasteiger partial charge on any atom is -0.324 e. The zero-order valence-electron chi connectivity index (χ0n) is 17.7. The fourth-order valence-electron chi connectivity index (χ4n) is 3.65. The van der Waals surface area contributed by atoms with Crippen LogP contribution in [-0.4, -0.2) is 25.5 Å². The second kappa shape index (κ2) is 8.00. The fourth-order valence-corrected chi connectivity index (χ4v) is 3.88. The van der Waals surface area contributed by atoms with Crippen LogP contribution in [0.5, 0.6) is 0 Å². The quantitative estimate of drug-likeness (QED) is 0.516. The predicted octanol–water partition coefficient (Wildman–Crippen LogP) is 4.36. The van der Waals surface area contributed by atoms with Gasteiger partial charge < -0.3 is 5.32 Å². The lowest BCUT2D eigenvalue weighted by Gasteiger charge is -2.16. The van der Waals surface area contributed by atoms with E-state index < -0.39 is 11.6 Å². The van der Waals surface area contributed by atoms with Crippen molar-refractivity contribution in [2.24, 2.45) is 0 Å². The molecular formula is C23H22ClN5O2. The number of halogens is 1. The zero-order chi connectivity index (χ0) is 22.3. The molecule has 0 saturated heterocycles. The number of hydrogen-bond donors (Lipinski definition) is 1. The Hall–Kier alpha value is -3.45. The summed E-state index contributed by atoms with van der Waals surface area (Å²) in [5.74, 6) is -0.349. The number of aromatic nitrogens is 4. The highest BCUT2D eigenvalue weighted by molar-refractivity contribution is 6.30. The molecule has 4 rings (SSSR count). The standard InChI is InChI=1S/C23H22ClN5O2/c1-13-12-17(24)10-11-19(13)25-22(30)16(4)29-23(31)21-20(14(2)26-29)15(3)28(27-21)18-8-6-5-7-9-18/h5-12,16H,1-4H3,(H,25,30)/t16-/m1/s1. The van der Waals surface area contributed by atoms with Crippen LogP contribution in [0, 0.1) is 20.8 Å². The van der Waals surface area contributed by atoms with E-state index in [4.69, 9.17) is 11.6 Å². The van der Waals surface area contributed by atoms with Crippen LogP contribution in [0.4, 0.5) is 5.69 Å². The molecule has 0 radical (unpaired) electrons. The highest BCUT2D eigenvalue weighted by Gasteiger charge is 2.23. The Morgan fingerprint density at radius 2 is 1.77 bits per heavy atom. The minimum absolute atomic E-state index is 0.288. The number of anilines is 1. The van der Waals surface area contributed by atoms with Crippen molar-refractivity contribution in [3.63, 3.8) is 0 Å². The Morgan fingerprint density at radius 3 is 2.45 bits per heavy atom. The van der Waals surface area contributed by atoms with Crippen molar-refractivity contribution in [2.75, 3.05) is 5.32 Å². The van der Waals surface area contributed by atoms with Gasteiger partial charge in [0, 0.05) is 10.7 Å². The van der Waals surface area contributed by atoms with E-state index in [1.165, 1.54) is 4.68 Å². The normalized spacial score (nSPS) is 12.2. The molecular weight excluding hydrogens is 414 g/mol. The molecule has 4 aromatic rings. The van der Waals surface area contributed by atoms with Gasteiger partial charge in [-0.15, -0.1) is 0 Å². The number of carbonyl (C=O) groups excluding carboxylic acids is 1. The van der Waals surface area contributed by atoms with E-state index >= 15 is 0 Å². The lowest BCUT2D eigenvalue weighted by Crippen LogP contribution is -2.34. The van der Waals surface area contributed by atoms with Crippen LogP contribution in [-0.2, 0) is 4.79 Å². The molecule has 1 atom stereocenters. The summed E-state index contributed by atoms with van der Waals surface area (Å²) in [6.07, 6.45) is 0.